The summed E-state index contributed by atoms with van der Waals surface area (Å²) in [5, 5.41) is 8.85. The van der Waals surface area contributed by atoms with E-state index in [2.05, 4.69) is 0 Å². The van der Waals surface area contributed by atoms with E-state index in [9.17, 15) is 9.59 Å². The molecule has 6 atom stereocenters. The van der Waals surface area contributed by atoms with E-state index in [0.717, 1.165) is 6.42 Å². The number of Topliss-reactive ketones (excluding diaryl/α,β-unsaturated/α-hetero) is 1. The van der Waals surface area contributed by atoms with Crippen LogP contribution in [0.15, 0.2) is 0 Å². The number of hydrogen-bond acceptors (Lipinski definition) is 5. The van der Waals surface area contributed by atoms with Crippen molar-refractivity contribution in [2.45, 2.75) is 61.8 Å². The molecule has 0 amide bonds. The Balaban J connectivity index is 1.61. The van der Waals surface area contributed by atoms with Crippen molar-refractivity contribution in [1.82, 2.24) is 0 Å². The summed E-state index contributed by atoms with van der Waals surface area (Å²) >= 11 is 0. The van der Waals surface area contributed by atoms with Crippen molar-refractivity contribution >= 4 is 11.8 Å². The van der Waals surface area contributed by atoms with E-state index in [0.29, 0.717) is 12.8 Å². The first-order valence-corrected chi connectivity index (χ1v) is 6.34. The molecule has 3 heterocycles. The molecule has 6 nitrogen and oxygen atoms in total. The molecule has 1 aliphatic carbocycles. The van der Waals surface area contributed by atoms with Gasteiger partial charge in [0.2, 0.25) is 0 Å². The topological polar surface area (TPSA) is 85.4 Å². The van der Waals surface area contributed by atoms with Crippen LogP contribution in [0.2, 0.25) is 0 Å². The predicted octanol–water partition coefficient (Wildman–Crippen LogP) is -0.113. The van der Waals surface area contributed by atoms with Crippen LogP contribution in [0, 0.1) is 0 Å². The van der Waals surface area contributed by atoms with Crippen LogP contribution < -0.4 is 0 Å². The number of ketones is 1. The van der Waals surface area contributed by atoms with Gasteiger partial charge in [-0.05, 0) is 12.8 Å². The van der Waals surface area contributed by atoms with Gasteiger partial charge in [0.15, 0.2) is 5.78 Å². The van der Waals surface area contributed by atoms with Gasteiger partial charge in [-0.25, -0.2) is 0 Å². The van der Waals surface area contributed by atoms with E-state index in [4.69, 9.17) is 19.3 Å². The number of rotatable bonds is 2. The fourth-order valence-electron chi connectivity index (χ4n) is 3.68. The second-order valence-electron chi connectivity index (χ2n) is 5.57. The molecular formula is C12H14O6. The number of carboxylic acid groups (broad SMARTS) is 1. The zero-order valence-electron chi connectivity index (χ0n) is 9.70. The summed E-state index contributed by atoms with van der Waals surface area (Å²) in [4.78, 5) is 22.6. The van der Waals surface area contributed by atoms with Crippen molar-refractivity contribution < 1.29 is 28.9 Å². The predicted molar refractivity (Wildman–Crippen MR) is 56.0 cm³/mol. The number of fused-ring (bicyclic) bond motifs is 2. The second kappa shape index (κ2) is 3.31. The molecule has 0 aromatic carbocycles. The summed E-state index contributed by atoms with van der Waals surface area (Å²) in [5.41, 5.74) is -0.568. The highest BCUT2D eigenvalue weighted by atomic mass is 16.7. The van der Waals surface area contributed by atoms with Crippen LogP contribution in [0.1, 0.15) is 25.7 Å². The van der Waals surface area contributed by atoms with Gasteiger partial charge in [0.25, 0.3) is 0 Å². The lowest BCUT2D eigenvalue weighted by Gasteiger charge is -2.41. The van der Waals surface area contributed by atoms with E-state index >= 15 is 0 Å². The van der Waals surface area contributed by atoms with Gasteiger partial charge in [-0.3, -0.25) is 9.59 Å². The summed E-state index contributed by atoms with van der Waals surface area (Å²) in [7, 11) is 0. The first-order valence-electron chi connectivity index (χ1n) is 6.34. The van der Waals surface area contributed by atoms with E-state index in [1.54, 1.807) is 0 Å². The molecule has 3 saturated heterocycles. The van der Waals surface area contributed by atoms with E-state index < -0.39 is 17.7 Å². The van der Waals surface area contributed by atoms with Crippen molar-refractivity contribution in [3.63, 3.8) is 0 Å². The highest BCUT2D eigenvalue weighted by Crippen LogP contribution is 2.55. The minimum Gasteiger partial charge on any atom is -0.481 e. The normalized spacial score (nSPS) is 52.7. The Morgan fingerprint density at radius 3 is 3.00 bits per heavy atom. The summed E-state index contributed by atoms with van der Waals surface area (Å²) in [6, 6.07) is 0. The Morgan fingerprint density at radius 2 is 2.22 bits per heavy atom. The molecule has 4 rings (SSSR count). The monoisotopic (exact) mass is 254 g/mol. The number of carbonyl (C=O) groups excluding carboxylic acids is 1. The number of carboxylic acids is 1. The fraction of sp³-hybridized carbons (Fsp3) is 0.833. The fourth-order valence-corrected chi connectivity index (χ4v) is 3.68. The maximum Gasteiger partial charge on any atom is 0.305 e. The van der Waals surface area contributed by atoms with Gasteiger partial charge in [-0.2, -0.15) is 0 Å². The quantitative estimate of drug-likeness (QED) is 0.692. The molecule has 0 aromatic rings. The average molecular weight is 254 g/mol. The Labute approximate surface area is 103 Å². The highest BCUT2D eigenvalue weighted by Gasteiger charge is 2.73. The third kappa shape index (κ3) is 1.28. The first kappa shape index (κ1) is 10.9. The van der Waals surface area contributed by atoms with E-state index in [-0.39, 0.29) is 36.6 Å². The van der Waals surface area contributed by atoms with E-state index in [1.807, 2.05) is 0 Å². The Morgan fingerprint density at radius 1 is 1.39 bits per heavy atom. The molecule has 3 aliphatic heterocycles. The van der Waals surface area contributed by atoms with Gasteiger partial charge in [0, 0.05) is 6.42 Å². The molecule has 1 saturated carbocycles. The van der Waals surface area contributed by atoms with Gasteiger partial charge in [-0.1, -0.05) is 0 Å². The molecule has 1 N–H and O–H groups in total. The Bertz CT molecular complexity index is 434. The SMILES string of the molecule is O=C(O)CC1CCC2O[C@@H]3CC2(O1)[C@H]1OC1C3=O. The van der Waals surface area contributed by atoms with Crippen molar-refractivity contribution in [3.05, 3.63) is 0 Å². The van der Waals surface area contributed by atoms with Crippen molar-refractivity contribution in [1.29, 1.82) is 0 Å². The van der Waals surface area contributed by atoms with Gasteiger partial charge >= 0.3 is 5.97 Å². The largest absolute Gasteiger partial charge is 0.481 e. The van der Waals surface area contributed by atoms with Crippen LogP contribution in [-0.2, 0) is 23.8 Å². The number of carbonyl (C=O) groups is 2. The smallest absolute Gasteiger partial charge is 0.305 e. The van der Waals surface area contributed by atoms with Crippen LogP contribution in [-0.4, -0.2) is 53.0 Å². The Kier molecular flexibility index (Phi) is 2.01. The molecule has 18 heavy (non-hydrogen) atoms. The van der Waals surface area contributed by atoms with Crippen molar-refractivity contribution in [2.24, 2.45) is 0 Å². The molecule has 98 valence electrons. The lowest BCUT2D eigenvalue weighted by Crippen LogP contribution is -2.54. The molecule has 2 bridgehead atoms. The van der Waals surface area contributed by atoms with Gasteiger partial charge in [-0.15, -0.1) is 0 Å². The average Bonchev–Trinajstić information content (AvgIpc) is 3.03. The second-order valence-corrected chi connectivity index (χ2v) is 5.57. The van der Waals surface area contributed by atoms with Gasteiger partial charge < -0.3 is 19.3 Å². The van der Waals surface area contributed by atoms with Gasteiger partial charge in [0.05, 0.1) is 18.6 Å². The molecule has 4 unspecified atom stereocenters. The van der Waals surface area contributed by atoms with Crippen LogP contribution in [0.25, 0.3) is 0 Å². The van der Waals surface area contributed by atoms with Crippen molar-refractivity contribution in [3.8, 4) is 0 Å². The minimum atomic E-state index is -0.856. The van der Waals surface area contributed by atoms with Crippen molar-refractivity contribution in [2.75, 3.05) is 0 Å². The first-order chi connectivity index (χ1) is 8.60. The number of epoxide rings is 1. The number of ether oxygens (including phenoxy) is 3. The summed E-state index contributed by atoms with van der Waals surface area (Å²) < 4.78 is 17.2. The maximum absolute atomic E-state index is 11.8. The standard InChI is InChI=1S/C12H14O6/c13-8(14)3-5-1-2-7-12(18-5)4-6(16-7)9(15)10-11(12)17-10/h5-7,10-11H,1-4H2,(H,13,14)/t5?,6-,7?,10?,11+,12?/m1/s1. The minimum absolute atomic E-state index is 0.00443. The molecule has 6 heteroatoms. The van der Waals surface area contributed by atoms with Crippen LogP contribution in [0.4, 0.5) is 0 Å². The number of hydrogen-bond donors (Lipinski definition) is 1. The van der Waals surface area contributed by atoms with Crippen LogP contribution in [0.3, 0.4) is 0 Å². The van der Waals surface area contributed by atoms with E-state index in [1.165, 1.54) is 0 Å². The third-order valence-electron chi connectivity index (χ3n) is 4.49. The lowest BCUT2D eigenvalue weighted by molar-refractivity contribution is -0.181. The zero-order chi connectivity index (χ0) is 12.5. The summed E-state index contributed by atoms with van der Waals surface area (Å²) in [6.45, 7) is 0. The molecule has 4 aliphatic rings. The Hall–Kier alpha value is -0.980. The van der Waals surface area contributed by atoms with Crippen LogP contribution in [0.5, 0.6) is 0 Å². The molecular weight excluding hydrogens is 240 g/mol. The molecule has 1 spiro atoms. The lowest BCUT2D eigenvalue weighted by atomic mass is 9.78. The molecule has 4 fully saturated rings. The maximum atomic E-state index is 11.8. The molecule has 0 radical (unpaired) electrons. The van der Waals surface area contributed by atoms with Crippen LogP contribution >= 0.6 is 0 Å². The van der Waals surface area contributed by atoms with Gasteiger partial charge in [0.1, 0.15) is 23.9 Å². The summed E-state index contributed by atoms with van der Waals surface area (Å²) in [6.07, 6.45) is 0.516. The number of aliphatic carboxylic acids is 1. The molecule has 0 aromatic heterocycles. The third-order valence-corrected chi connectivity index (χ3v) is 4.49. The summed E-state index contributed by atoms with van der Waals surface area (Å²) in [5.74, 6) is -0.830. The highest BCUT2D eigenvalue weighted by molar-refractivity contribution is 5.92. The zero-order valence-corrected chi connectivity index (χ0v) is 9.70.